The highest BCUT2D eigenvalue weighted by molar-refractivity contribution is 4.74. The summed E-state index contributed by atoms with van der Waals surface area (Å²) in [7, 11) is 4.56. The molecule has 0 spiro atoms. The van der Waals surface area contributed by atoms with E-state index in [1.54, 1.807) is 0 Å². The number of rotatable bonds is 6. The molecule has 2 aliphatic heterocycles. The van der Waals surface area contributed by atoms with Crippen LogP contribution in [0.15, 0.2) is 0 Å². The Morgan fingerprint density at radius 2 is 1.72 bits per heavy atom. The van der Waals surface area contributed by atoms with E-state index < -0.39 is 0 Å². The van der Waals surface area contributed by atoms with E-state index in [0.717, 1.165) is 11.8 Å². The molecule has 1 N–H and O–H groups in total. The van der Waals surface area contributed by atoms with E-state index in [1.165, 1.54) is 71.4 Å². The fraction of sp³-hybridized carbons (Fsp3) is 1.00. The first kappa shape index (κ1) is 14.3. The number of nitrogens with one attached hydrogen (secondary N) is 1. The Hall–Kier alpha value is -0.120. The van der Waals surface area contributed by atoms with E-state index in [-0.39, 0.29) is 0 Å². The molecule has 2 heterocycles. The lowest BCUT2D eigenvalue weighted by atomic mass is 9.94. The number of piperidine rings is 1. The molecule has 18 heavy (non-hydrogen) atoms. The Labute approximate surface area is 113 Å². The average molecular weight is 253 g/mol. The van der Waals surface area contributed by atoms with Crippen LogP contribution in [0.25, 0.3) is 0 Å². The van der Waals surface area contributed by atoms with Crippen LogP contribution in [0, 0.1) is 11.8 Å². The van der Waals surface area contributed by atoms with Crippen LogP contribution in [0.4, 0.5) is 0 Å². The molecule has 0 bridgehead atoms. The first-order chi connectivity index (χ1) is 8.74. The van der Waals surface area contributed by atoms with Gasteiger partial charge >= 0.3 is 0 Å². The van der Waals surface area contributed by atoms with Gasteiger partial charge in [-0.05, 0) is 90.8 Å². The zero-order valence-corrected chi connectivity index (χ0v) is 12.3. The van der Waals surface area contributed by atoms with Crippen molar-refractivity contribution in [1.82, 2.24) is 15.1 Å². The zero-order chi connectivity index (χ0) is 12.8. The summed E-state index contributed by atoms with van der Waals surface area (Å²) in [4.78, 5) is 5.03. The summed E-state index contributed by atoms with van der Waals surface area (Å²) >= 11 is 0. The van der Waals surface area contributed by atoms with E-state index in [2.05, 4.69) is 29.2 Å². The number of likely N-dealkylation sites (tertiary alicyclic amines) is 1. The summed E-state index contributed by atoms with van der Waals surface area (Å²) in [6.07, 6.45) is 7.00. The second-order valence-corrected chi connectivity index (χ2v) is 6.49. The van der Waals surface area contributed by atoms with Crippen molar-refractivity contribution in [2.45, 2.75) is 32.1 Å². The van der Waals surface area contributed by atoms with Crippen LogP contribution in [0.3, 0.4) is 0 Å². The Bertz CT molecular complexity index is 217. The summed E-state index contributed by atoms with van der Waals surface area (Å²) in [6, 6.07) is 0. The molecule has 0 aromatic heterocycles. The molecule has 0 aliphatic carbocycles. The highest BCUT2D eigenvalue weighted by atomic mass is 15.1. The van der Waals surface area contributed by atoms with Crippen LogP contribution in [-0.4, -0.2) is 63.2 Å². The van der Waals surface area contributed by atoms with Crippen molar-refractivity contribution in [3.8, 4) is 0 Å². The lowest BCUT2D eigenvalue weighted by molar-refractivity contribution is 0.255. The average Bonchev–Trinajstić information content (AvgIpc) is 2.81. The van der Waals surface area contributed by atoms with E-state index >= 15 is 0 Å². The quantitative estimate of drug-likeness (QED) is 0.776. The van der Waals surface area contributed by atoms with Crippen LogP contribution < -0.4 is 5.32 Å². The summed E-state index contributed by atoms with van der Waals surface area (Å²) in [5.74, 6) is 1.93. The summed E-state index contributed by atoms with van der Waals surface area (Å²) in [5, 5.41) is 3.45. The Morgan fingerprint density at radius 3 is 2.33 bits per heavy atom. The van der Waals surface area contributed by atoms with E-state index in [9.17, 15) is 0 Å². The molecule has 3 heteroatoms. The molecule has 2 saturated heterocycles. The maximum absolute atomic E-state index is 3.45. The maximum atomic E-state index is 3.45. The Morgan fingerprint density at radius 1 is 1.06 bits per heavy atom. The van der Waals surface area contributed by atoms with E-state index in [1.807, 2.05) is 0 Å². The van der Waals surface area contributed by atoms with Gasteiger partial charge < -0.3 is 15.1 Å². The Balaban J connectivity index is 1.53. The number of nitrogens with zero attached hydrogens (tertiary/aromatic N) is 2. The lowest BCUT2D eigenvalue weighted by Gasteiger charge is -2.25. The van der Waals surface area contributed by atoms with Crippen LogP contribution >= 0.6 is 0 Å². The summed E-state index contributed by atoms with van der Waals surface area (Å²) in [5.41, 5.74) is 0. The molecule has 1 unspecified atom stereocenters. The molecule has 0 aromatic carbocycles. The molecule has 1 atom stereocenters. The lowest BCUT2D eigenvalue weighted by Crippen LogP contribution is -2.31. The maximum Gasteiger partial charge on any atom is 0.000756 e. The minimum Gasteiger partial charge on any atom is -0.317 e. The third kappa shape index (κ3) is 4.87. The van der Waals surface area contributed by atoms with Gasteiger partial charge in [0.05, 0.1) is 0 Å². The molecule has 106 valence electrons. The van der Waals surface area contributed by atoms with Gasteiger partial charge in [-0.25, -0.2) is 0 Å². The Kier molecular flexibility index (Phi) is 5.93. The van der Waals surface area contributed by atoms with Crippen molar-refractivity contribution < 1.29 is 0 Å². The van der Waals surface area contributed by atoms with Gasteiger partial charge in [-0.2, -0.15) is 0 Å². The van der Waals surface area contributed by atoms with Crippen LogP contribution in [0.2, 0.25) is 0 Å². The van der Waals surface area contributed by atoms with Crippen molar-refractivity contribution >= 4 is 0 Å². The fourth-order valence-corrected chi connectivity index (χ4v) is 3.35. The van der Waals surface area contributed by atoms with Gasteiger partial charge in [0.25, 0.3) is 0 Å². The van der Waals surface area contributed by atoms with Crippen LogP contribution in [0.5, 0.6) is 0 Å². The van der Waals surface area contributed by atoms with Gasteiger partial charge in [0, 0.05) is 6.54 Å². The van der Waals surface area contributed by atoms with Crippen LogP contribution in [0.1, 0.15) is 32.1 Å². The zero-order valence-electron chi connectivity index (χ0n) is 12.3. The van der Waals surface area contributed by atoms with Crippen molar-refractivity contribution in [3.63, 3.8) is 0 Å². The topological polar surface area (TPSA) is 18.5 Å². The van der Waals surface area contributed by atoms with Crippen molar-refractivity contribution in [2.75, 3.05) is 53.4 Å². The fourth-order valence-electron chi connectivity index (χ4n) is 3.35. The summed E-state index contributed by atoms with van der Waals surface area (Å²) < 4.78 is 0. The number of hydrogen-bond donors (Lipinski definition) is 1. The highest BCUT2D eigenvalue weighted by Crippen LogP contribution is 2.19. The standard InChI is InChI=1S/C15H31N3/c1-17(10-5-14-3-8-16-9-4-14)11-6-15-7-12-18(2)13-15/h14-16H,3-13H2,1-2H3. The predicted octanol–water partition coefficient (Wildman–Crippen LogP) is 1.65. The first-order valence-electron chi connectivity index (χ1n) is 7.82. The minimum absolute atomic E-state index is 0.955. The van der Waals surface area contributed by atoms with Crippen LogP contribution in [-0.2, 0) is 0 Å². The molecular formula is C15H31N3. The third-order valence-electron chi connectivity index (χ3n) is 4.79. The molecule has 0 radical (unpaired) electrons. The molecule has 2 rings (SSSR count). The van der Waals surface area contributed by atoms with Gasteiger partial charge in [-0.1, -0.05) is 0 Å². The van der Waals surface area contributed by atoms with Gasteiger partial charge in [0.2, 0.25) is 0 Å². The van der Waals surface area contributed by atoms with Gasteiger partial charge in [0.1, 0.15) is 0 Å². The van der Waals surface area contributed by atoms with Gasteiger partial charge in [0.15, 0.2) is 0 Å². The van der Waals surface area contributed by atoms with Crippen molar-refractivity contribution in [2.24, 2.45) is 11.8 Å². The van der Waals surface area contributed by atoms with Crippen molar-refractivity contribution in [3.05, 3.63) is 0 Å². The molecule has 0 saturated carbocycles. The monoisotopic (exact) mass is 253 g/mol. The first-order valence-corrected chi connectivity index (χ1v) is 7.82. The normalized spacial score (nSPS) is 27.2. The van der Waals surface area contributed by atoms with E-state index in [4.69, 9.17) is 0 Å². The van der Waals surface area contributed by atoms with E-state index in [0.29, 0.717) is 0 Å². The molecule has 2 aliphatic rings. The second-order valence-electron chi connectivity index (χ2n) is 6.49. The SMILES string of the molecule is CN(CCC1CCNCC1)CCC1CCN(C)C1. The molecule has 2 fully saturated rings. The largest absolute Gasteiger partial charge is 0.317 e. The summed E-state index contributed by atoms with van der Waals surface area (Å²) in [6.45, 7) is 7.70. The minimum atomic E-state index is 0.955. The van der Waals surface area contributed by atoms with Gasteiger partial charge in [-0.3, -0.25) is 0 Å². The molecule has 3 nitrogen and oxygen atoms in total. The molecule has 0 amide bonds. The van der Waals surface area contributed by atoms with Gasteiger partial charge in [-0.15, -0.1) is 0 Å². The number of hydrogen-bond acceptors (Lipinski definition) is 3. The molecule has 0 aromatic rings. The second kappa shape index (κ2) is 7.46. The third-order valence-corrected chi connectivity index (χ3v) is 4.79. The smallest absolute Gasteiger partial charge is 0.000756 e. The molecular weight excluding hydrogens is 222 g/mol. The predicted molar refractivity (Wildman–Crippen MR) is 77.9 cm³/mol. The van der Waals surface area contributed by atoms with Crippen molar-refractivity contribution in [1.29, 1.82) is 0 Å². The highest BCUT2D eigenvalue weighted by Gasteiger charge is 2.19.